The van der Waals surface area contributed by atoms with Crippen molar-refractivity contribution in [3.63, 3.8) is 0 Å². The molecule has 0 fully saturated rings. The summed E-state index contributed by atoms with van der Waals surface area (Å²) < 4.78 is 27.6. The summed E-state index contributed by atoms with van der Waals surface area (Å²) in [4.78, 5) is 0.280. The van der Waals surface area contributed by atoms with E-state index in [2.05, 4.69) is 4.72 Å². The van der Waals surface area contributed by atoms with Gasteiger partial charge in [0.25, 0.3) is 0 Å². The van der Waals surface area contributed by atoms with Gasteiger partial charge in [-0.15, -0.1) is 0 Å². The molecule has 0 unspecified atom stereocenters. The van der Waals surface area contributed by atoms with Crippen molar-refractivity contribution < 1.29 is 8.42 Å². The van der Waals surface area contributed by atoms with Crippen LogP contribution < -0.4 is 4.72 Å². The highest BCUT2D eigenvalue weighted by atomic mass is 32.2. The maximum Gasteiger partial charge on any atom is 0.241 e. The molecule has 0 radical (unpaired) electrons. The second kappa shape index (κ2) is 5.91. The van der Waals surface area contributed by atoms with Gasteiger partial charge in [0.05, 0.1) is 4.90 Å². The van der Waals surface area contributed by atoms with Crippen LogP contribution in [0.1, 0.15) is 18.5 Å². The summed E-state index contributed by atoms with van der Waals surface area (Å²) in [6, 6.07) is 22.0. The Kier molecular flexibility index (Phi) is 3.96. The van der Waals surface area contributed by atoms with Crippen molar-refractivity contribution in [1.82, 2.24) is 4.72 Å². The van der Waals surface area contributed by atoms with Crippen LogP contribution >= 0.6 is 0 Å². The first-order valence-corrected chi connectivity index (χ1v) is 8.61. The van der Waals surface area contributed by atoms with Gasteiger partial charge in [-0.3, -0.25) is 0 Å². The molecular formula is C18H17NO2S. The summed E-state index contributed by atoms with van der Waals surface area (Å²) in [5, 5.41) is 2.17. The third kappa shape index (κ3) is 2.89. The van der Waals surface area contributed by atoms with Crippen molar-refractivity contribution in [2.45, 2.75) is 17.9 Å². The Balaban J connectivity index is 1.96. The molecule has 3 rings (SSSR count). The van der Waals surface area contributed by atoms with Gasteiger partial charge in [0.2, 0.25) is 10.0 Å². The molecule has 0 aliphatic carbocycles. The van der Waals surface area contributed by atoms with Crippen LogP contribution in [0.2, 0.25) is 0 Å². The minimum Gasteiger partial charge on any atom is -0.207 e. The highest BCUT2D eigenvalue weighted by Gasteiger charge is 2.19. The Bertz CT molecular complexity index is 884. The third-order valence-electron chi connectivity index (χ3n) is 3.68. The fraction of sp³-hybridized carbons (Fsp3) is 0.111. The van der Waals surface area contributed by atoms with Gasteiger partial charge in [0.15, 0.2) is 0 Å². The second-order valence-corrected chi connectivity index (χ2v) is 6.94. The zero-order valence-electron chi connectivity index (χ0n) is 12.2. The number of nitrogens with one attached hydrogen (secondary N) is 1. The van der Waals surface area contributed by atoms with Crippen molar-refractivity contribution in [2.24, 2.45) is 0 Å². The molecule has 0 heterocycles. The monoisotopic (exact) mass is 311 g/mol. The smallest absolute Gasteiger partial charge is 0.207 e. The zero-order valence-corrected chi connectivity index (χ0v) is 13.0. The first-order chi connectivity index (χ1) is 10.6. The predicted octanol–water partition coefficient (Wildman–Crippen LogP) is 3.88. The van der Waals surface area contributed by atoms with Gasteiger partial charge in [-0.1, -0.05) is 60.7 Å². The number of benzene rings is 3. The van der Waals surface area contributed by atoms with Crippen LogP contribution in [0.3, 0.4) is 0 Å². The van der Waals surface area contributed by atoms with Gasteiger partial charge in [-0.25, -0.2) is 13.1 Å². The standard InChI is InChI=1S/C18H17NO2S/c1-14(19-22(20,21)16-10-3-2-4-11-16)17-13-7-9-15-8-5-6-12-18(15)17/h2-14,19H,1H3/t14-/m0/s1. The van der Waals surface area contributed by atoms with Gasteiger partial charge in [-0.2, -0.15) is 0 Å². The number of hydrogen-bond acceptors (Lipinski definition) is 2. The van der Waals surface area contributed by atoms with Crippen molar-refractivity contribution >= 4 is 20.8 Å². The minimum atomic E-state index is -3.53. The van der Waals surface area contributed by atoms with E-state index in [0.29, 0.717) is 0 Å². The van der Waals surface area contributed by atoms with Crippen molar-refractivity contribution in [1.29, 1.82) is 0 Å². The number of rotatable bonds is 4. The van der Waals surface area contributed by atoms with E-state index in [0.717, 1.165) is 16.3 Å². The Morgan fingerprint density at radius 3 is 2.23 bits per heavy atom. The quantitative estimate of drug-likeness (QED) is 0.795. The summed E-state index contributed by atoms with van der Waals surface area (Å²) in [6.45, 7) is 1.86. The van der Waals surface area contributed by atoms with E-state index in [4.69, 9.17) is 0 Å². The fourth-order valence-electron chi connectivity index (χ4n) is 2.59. The molecule has 0 aliphatic heterocycles. The average Bonchev–Trinajstić information content (AvgIpc) is 2.54. The van der Waals surface area contributed by atoms with Crippen LogP contribution in [0.4, 0.5) is 0 Å². The molecule has 3 nitrogen and oxygen atoms in total. The predicted molar refractivity (Wildman–Crippen MR) is 89.1 cm³/mol. The molecule has 0 bridgehead atoms. The Hall–Kier alpha value is -2.17. The molecule has 3 aromatic rings. The SMILES string of the molecule is C[C@H](NS(=O)(=O)c1ccccc1)c1cccc2ccccc12. The molecule has 4 heteroatoms. The number of sulfonamides is 1. The van der Waals surface area contributed by atoms with Crippen molar-refractivity contribution in [2.75, 3.05) is 0 Å². The lowest BCUT2D eigenvalue weighted by Crippen LogP contribution is -2.27. The molecule has 1 N–H and O–H groups in total. The van der Waals surface area contributed by atoms with Gasteiger partial charge >= 0.3 is 0 Å². The van der Waals surface area contributed by atoms with E-state index in [1.54, 1.807) is 30.3 Å². The summed E-state index contributed by atoms with van der Waals surface area (Å²) in [5.74, 6) is 0. The minimum absolute atomic E-state index is 0.280. The molecule has 0 spiro atoms. The van der Waals surface area contributed by atoms with E-state index in [9.17, 15) is 8.42 Å². The molecule has 1 atom stereocenters. The lowest BCUT2D eigenvalue weighted by molar-refractivity contribution is 0.567. The average molecular weight is 311 g/mol. The van der Waals surface area contributed by atoms with Crippen LogP contribution in [0.25, 0.3) is 10.8 Å². The first-order valence-electron chi connectivity index (χ1n) is 7.13. The lowest BCUT2D eigenvalue weighted by atomic mass is 10.0. The molecule has 112 valence electrons. The molecule has 0 saturated heterocycles. The largest absolute Gasteiger partial charge is 0.241 e. The van der Waals surface area contributed by atoms with Gasteiger partial charge in [0, 0.05) is 6.04 Å². The van der Waals surface area contributed by atoms with Crippen molar-refractivity contribution in [3.8, 4) is 0 Å². The molecule has 0 amide bonds. The topological polar surface area (TPSA) is 46.2 Å². The summed E-state index contributed by atoms with van der Waals surface area (Å²) in [7, 11) is -3.53. The van der Waals surface area contributed by atoms with Gasteiger partial charge < -0.3 is 0 Å². The summed E-state index contributed by atoms with van der Waals surface area (Å²) in [5.41, 5.74) is 0.970. The van der Waals surface area contributed by atoms with E-state index < -0.39 is 10.0 Å². The lowest BCUT2D eigenvalue weighted by Gasteiger charge is -2.16. The summed E-state index contributed by atoms with van der Waals surface area (Å²) in [6.07, 6.45) is 0. The number of hydrogen-bond donors (Lipinski definition) is 1. The molecule has 0 aliphatic rings. The highest BCUT2D eigenvalue weighted by Crippen LogP contribution is 2.25. The first kappa shape index (κ1) is 14.8. The normalized spacial score (nSPS) is 13.1. The van der Waals surface area contributed by atoms with E-state index in [1.165, 1.54) is 0 Å². The highest BCUT2D eigenvalue weighted by molar-refractivity contribution is 7.89. The van der Waals surface area contributed by atoms with Gasteiger partial charge in [0.1, 0.15) is 0 Å². The maximum absolute atomic E-state index is 12.4. The van der Waals surface area contributed by atoms with Crippen molar-refractivity contribution in [3.05, 3.63) is 78.4 Å². The molecule has 0 saturated carbocycles. The maximum atomic E-state index is 12.4. The molecule has 22 heavy (non-hydrogen) atoms. The second-order valence-electron chi connectivity index (χ2n) is 5.22. The van der Waals surface area contributed by atoms with Crippen LogP contribution in [0.15, 0.2) is 77.7 Å². The van der Waals surface area contributed by atoms with E-state index >= 15 is 0 Å². The van der Waals surface area contributed by atoms with Crippen LogP contribution in [0.5, 0.6) is 0 Å². The molecule has 3 aromatic carbocycles. The fourth-order valence-corrected chi connectivity index (χ4v) is 3.84. The third-order valence-corrected chi connectivity index (χ3v) is 5.23. The van der Waals surface area contributed by atoms with Crippen LogP contribution in [-0.2, 0) is 10.0 Å². The number of fused-ring (bicyclic) bond motifs is 1. The van der Waals surface area contributed by atoms with Gasteiger partial charge in [-0.05, 0) is 35.4 Å². The van der Waals surface area contributed by atoms with Crippen LogP contribution in [-0.4, -0.2) is 8.42 Å². The zero-order chi connectivity index (χ0) is 15.6. The Morgan fingerprint density at radius 2 is 1.45 bits per heavy atom. The molecular weight excluding hydrogens is 294 g/mol. The Morgan fingerprint density at radius 1 is 0.818 bits per heavy atom. The van der Waals surface area contributed by atoms with Crippen LogP contribution in [0, 0.1) is 0 Å². The van der Waals surface area contributed by atoms with E-state index in [1.807, 2.05) is 49.4 Å². The summed E-state index contributed by atoms with van der Waals surface area (Å²) >= 11 is 0. The van der Waals surface area contributed by atoms with E-state index in [-0.39, 0.29) is 10.9 Å². The molecule has 0 aromatic heterocycles. The Labute approximate surface area is 130 Å².